The molecule has 2 rings (SSSR count). The molecule has 0 saturated carbocycles. The van der Waals surface area contributed by atoms with E-state index in [1.54, 1.807) is 0 Å². The van der Waals surface area contributed by atoms with E-state index in [9.17, 15) is 4.79 Å². The molecule has 0 unspecified atom stereocenters. The largest absolute Gasteiger partial charge is 0.460 e. The molecule has 0 fully saturated rings. The number of fused-ring (bicyclic) bond motifs is 1. The first-order valence-corrected chi connectivity index (χ1v) is 6.54. The van der Waals surface area contributed by atoms with Crippen LogP contribution in [0.5, 0.6) is 11.5 Å². The van der Waals surface area contributed by atoms with E-state index in [-0.39, 0.29) is 12.8 Å². The third-order valence-electron chi connectivity index (χ3n) is 2.70. The maximum atomic E-state index is 11.6. The lowest BCUT2D eigenvalue weighted by Crippen LogP contribution is -2.23. The van der Waals surface area contributed by atoms with Crippen LogP contribution in [0.4, 0.5) is 0 Å². The Morgan fingerprint density at radius 3 is 2.74 bits per heavy atom. The molecule has 104 valence electrons. The summed E-state index contributed by atoms with van der Waals surface area (Å²) in [7, 11) is 0. The van der Waals surface area contributed by atoms with Gasteiger partial charge in [0.2, 0.25) is 6.79 Å². The van der Waals surface area contributed by atoms with Crippen molar-refractivity contribution in [3.8, 4) is 11.5 Å². The van der Waals surface area contributed by atoms with Crippen LogP contribution in [0.2, 0.25) is 0 Å². The number of aryl methyl sites for hydroxylation is 1. The van der Waals surface area contributed by atoms with Crippen molar-refractivity contribution < 1.29 is 19.0 Å². The van der Waals surface area contributed by atoms with Crippen LogP contribution in [0.15, 0.2) is 18.2 Å². The Labute approximate surface area is 113 Å². The maximum absolute atomic E-state index is 11.6. The molecular formula is C15H20O4. The molecule has 0 spiro atoms. The monoisotopic (exact) mass is 264 g/mol. The Kier molecular flexibility index (Phi) is 3.98. The van der Waals surface area contributed by atoms with Crippen molar-refractivity contribution in [1.29, 1.82) is 0 Å². The maximum Gasteiger partial charge on any atom is 0.306 e. The van der Waals surface area contributed by atoms with E-state index in [4.69, 9.17) is 14.2 Å². The molecule has 1 aromatic rings. The smallest absolute Gasteiger partial charge is 0.306 e. The number of esters is 1. The lowest BCUT2D eigenvalue weighted by atomic mass is 10.1. The van der Waals surface area contributed by atoms with Crippen LogP contribution >= 0.6 is 0 Å². The lowest BCUT2D eigenvalue weighted by Gasteiger charge is -2.19. The fourth-order valence-corrected chi connectivity index (χ4v) is 1.93. The van der Waals surface area contributed by atoms with Gasteiger partial charge in [0.05, 0.1) is 0 Å². The predicted molar refractivity (Wildman–Crippen MR) is 71.3 cm³/mol. The van der Waals surface area contributed by atoms with Gasteiger partial charge in [0.15, 0.2) is 11.5 Å². The van der Waals surface area contributed by atoms with E-state index < -0.39 is 5.60 Å². The van der Waals surface area contributed by atoms with Gasteiger partial charge in [-0.25, -0.2) is 0 Å². The average Bonchev–Trinajstić information content (AvgIpc) is 2.73. The molecule has 0 radical (unpaired) electrons. The molecule has 0 amide bonds. The minimum Gasteiger partial charge on any atom is -0.460 e. The van der Waals surface area contributed by atoms with Crippen LogP contribution < -0.4 is 9.47 Å². The molecule has 0 bridgehead atoms. The van der Waals surface area contributed by atoms with Crippen LogP contribution in [0, 0.1) is 0 Å². The van der Waals surface area contributed by atoms with Crippen molar-refractivity contribution >= 4 is 5.97 Å². The molecule has 0 saturated heterocycles. The third-order valence-corrected chi connectivity index (χ3v) is 2.70. The van der Waals surface area contributed by atoms with Crippen LogP contribution in [-0.2, 0) is 16.0 Å². The second-order valence-electron chi connectivity index (χ2n) is 5.63. The van der Waals surface area contributed by atoms with Gasteiger partial charge in [-0.15, -0.1) is 0 Å². The molecule has 0 aliphatic carbocycles. The Hall–Kier alpha value is -1.71. The summed E-state index contributed by atoms with van der Waals surface area (Å²) in [5.74, 6) is 1.43. The van der Waals surface area contributed by atoms with Crippen molar-refractivity contribution in [1.82, 2.24) is 0 Å². The Morgan fingerprint density at radius 2 is 2.00 bits per heavy atom. The summed E-state index contributed by atoms with van der Waals surface area (Å²) in [6.45, 7) is 5.92. The molecule has 1 aliphatic heterocycles. The van der Waals surface area contributed by atoms with Gasteiger partial charge in [-0.05, 0) is 51.3 Å². The van der Waals surface area contributed by atoms with Gasteiger partial charge in [0.1, 0.15) is 5.60 Å². The summed E-state index contributed by atoms with van der Waals surface area (Å²) in [4.78, 5) is 11.6. The third kappa shape index (κ3) is 4.16. The Balaban J connectivity index is 1.78. The highest BCUT2D eigenvalue weighted by Crippen LogP contribution is 2.32. The second kappa shape index (κ2) is 5.51. The number of rotatable bonds is 4. The first-order valence-electron chi connectivity index (χ1n) is 6.54. The highest BCUT2D eigenvalue weighted by atomic mass is 16.7. The molecule has 19 heavy (non-hydrogen) atoms. The van der Waals surface area contributed by atoms with Crippen LogP contribution in [0.1, 0.15) is 39.2 Å². The van der Waals surface area contributed by atoms with Gasteiger partial charge in [-0.2, -0.15) is 0 Å². The molecule has 4 heteroatoms. The Bertz CT molecular complexity index is 460. The summed E-state index contributed by atoms with van der Waals surface area (Å²) in [5.41, 5.74) is 0.739. The normalized spacial score (nSPS) is 13.4. The molecule has 0 atom stereocenters. The molecule has 4 nitrogen and oxygen atoms in total. The zero-order valence-corrected chi connectivity index (χ0v) is 11.7. The minimum atomic E-state index is -0.407. The SMILES string of the molecule is CC(C)(C)OC(=O)CCCc1ccc2c(c1)OCO2. The summed E-state index contributed by atoms with van der Waals surface area (Å²) >= 11 is 0. The van der Waals surface area contributed by atoms with Gasteiger partial charge >= 0.3 is 5.97 Å². The van der Waals surface area contributed by atoms with E-state index >= 15 is 0 Å². The van der Waals surface area contributed by atoms with Crippen molar-refractivity contribution in [2.45, 2.75) is 45.6 Å². The first-order chi connectivity index (χ1) is 8.94. The van der Waals surface area contributed by atoms with E-state index in [0.29, 0.717) is 6.42 Å². The van der Waals surface area contributed by atoms with Gasteiger partial charge in [-0.1, -0.05) is 6.07 Å². The van der Waals surface area contributed by atoms with Gasteiger partial charge in [0.25, 0.3) is 0 Å². The van der Waals surface area contributed by atoms with Gasteiger partial charge in [-0.3, -0.25) is 4.79 Å². The molecule has 1 aliphatic rings. The minimum absolute atomic E-state index is 0.145. The second-order valence-corrected chi connectivity index (χ2v) is 5.63. The zero-order valence-electron chi connectivity index (χ0n) is 11.7. The molecular weight excluding hydrogens is 244 g/mol. The lowest BCUT2D eigenvalue weighted by molar-refractivity contribution is -0.154. The van der Waals surface area contributed by atoms with Gasteiger partial charge < -0.3 is 14.2 Å². The topological polar surface area (TPSA) is 44.8 Å². The van der Waals surface area contributed by atoms with Crippen LogP contribution in [0.3, 0.4) is 0 Å². The number of ether oxygens (including phenoxy) is 3. The molecule has 0 N–H and O–H groups in total. The van der Waals surface area contributed by atoms with E-state index in [0.717, 1.165) is 29.9 Å². The van der Waals surface area contributed by atoms with Crippen molar-refractivity contribution in [2.75, 3.05) is 6.79 Å². The standard InChI is InChI=1S/C15H20O4/c1-15(2,3)19-14(16)6-4-5-11-7-8-12-13(9-11)18-10-17-12/h7-9H,4-6,10H2,1-3H3. The molecule has 0 aromatic heterocycles. The summed E-state index contributed by atoms with van der Waals surface area (Å²) < 4.78 is 15.8. The number of benzene rings is 1. The number of hydrogen-bond acceptors (Lipinski definition) is 4. The van der Waals surface area contributed by atoms with E-state index in [1.807, 2.05) is 39.0 Å². The van der Waals surface area contributed by atoms with Gasteiger partial charge in [0, 0.05) is 6.42 Å². The highest BCUT2D eigenvalue weighted by Gasteiger charge is 2.16. The van der Waals surface area contributed by atoms with E-state index in [2.05, 4.69) is 0 Å². The number of hydrogen-bond donors (Lipinski definition) is 0. The summed E-state index contributed by atoms with van der Waals surface area (Å²) in [6.07, 6.45) is 2.04. The fourth-order valence-electron chi connectivity index (χ4n) is 1.93. The zero-order chi connectivity index (χ0) is 13.9. The fraction of sp³-hybridized carbons (Fsp3) is 0.533. The van der Waals surface area contributed by atoms with Crippen LogP contribution in [0.25, 0.3) is 0 Å². The van der Waals surface area contributed by atoms with E-state index in [1.165, 1.54) is 0 Å². The predicted octanol–water partition coefficient (Wildman–Crippen LogP) is 3.08. The number of carbonyl (C=O) groups is 1. The molecule has 1 heterocycles. The molecule has 1 aromatic carbocycles. The highest BCUT2D eigenvalue weighted by molar-refractivity contribution is 5.69. The van der Waals surface area contributed by atoms with Crippen molar-refractivity contribution in [3.63, 3.8) is 0 Å². The number of carbonyl (C=O) groups excluding carboxylic acids is 1. The summed E-state index contributed by atoms with van der Waals surface area (Å²) in [6, 6.07) is 5.88. The van der Waals surface area contributed by atoms with Crippen molar-refractivity contribution in [2.24, 2.45) is 0 Å². The summed E-state index contributed by atoms with van der Waals surface area (Å²) in [5, 5.41) is 0. The Morgan fingerprint density at radius 1 is 1.26 bits per heavy atom. The first kappa shape index (κ1) is 13.7. The van der Waals surface area contributed by atoms with Crippen molar-refractivity contribution in [3.05, 3.63) is 23.8 Å². The van der Waals surface area contributed by atoms with Crippen LogP contribution in [-0.4, -0.2) is 18.4 Å². The quantitative estimate of drug-likeness (QED) is 0.784. The average molecular weight is 264 g/mol.